The number of carbonyl (C=O) groups excluding carboxylic acids is 1. The lowest BCUT2D eigenvalue weighted by molar-refractivity contribution is 0.0409. The van der Waals surface area contributed by atoms with E-state index < -0.39 is 0 Å². The number of aromatic nitrogens is 2. The molecule has 1 aromatic rings. The van der Waals surface area contributed by atoms with Gasteiger partial charge in [-0.25, -0.2) is 14.8 Å². The van der Waals surface area contributed by atoms with E-state index in [1.165, 1.54) is 0 Å². The van der Waals surface area contributed by atoms with Crippen LogP contribution >= 0.6 is 27.7 Å². The minimum atomic E-state index is 0.120. The molecule has 0 aliphatic carbocycles. The number of hydrogen-bond donors (Lipinski definition) is 0. The number of piperidine rings is 1. The molecule has 0 aromatic carbocycles. The van der Waals surface area contributed by atoms with Crippen molar-refractivity contribution in [2.45, 2.75) is 24.0 Å². The average Bonchev–Trinajstić information content (AvgIpc) is 2.68. The van der Waals surface area contributed by atoms with E-state index in [9.17, 15) is 4.79 Å². The average molecular weight is 430 g/mol. The maximum Gasteiger partial charge on any atom is 0.320 e. The molecule has 3 heterocycles. The molecule has 0 bridgehead atoms. The molecule has 1 aromatic heterocycles. The van der Waals surface area contributed by atoms with Gasteiger partial charge < -0.3 is 19.4 Å². The zero-order valence-electron chi connectivity index (χ0n) is 14.7. The van der Waals surface area contributed by atoms with Crippen molar-refractivity contribution in [1.82, 2.24) is 19.8 Å². The monoisotopic (exact) mass is 429 g/mol. The molecule has 2 amide bonds. The molecule has 0 spiro atoms. The van der Waals surface area contributed by atoms with Gasteiger partial charge in [0.15, 0.2) is 5.16 Å². The van der Waals surface area contributed by atoms with Crippen molar-refractivity contribution >= 4 is 39.5 Å². The van der Waals surface area contributed by atoms with Gasteiger partial charge in [-0.1, -0.05) is 11.8 Å². The van der Waals surface area contributed by atoms with Crippen molar-refractivity contribution in [3.63, 3.8) is 0 Å². The van der Waals surface area contributed by atoms with E-state index in [0.29, 0.717) is 26.3 Å². The zero-order chi connectivity index (χ0) is 17.8. The number of urea groups is 1. The Bertz CT molecular complexity index is 606. The van der Waals surface area contributed by atoms with Crippen LogP contribution in [0.2, 0.25) is 0 Å². The first-order valence-electron chi connectivity index (χ1n) is 8.51. The smallest absolute Gasteiger partial charge is 0.320 e. The summed E-state index contributed by atoms with van der Waals surface area (Å²) in [5.41, 5.74) is 0. The molecule has 2 saturated heterocycles. The van der Waals surface area contributed by atoms with Gasteiger partial charge in [-0.2, -0.15) is 0 Å². The summed E-state index contributed by atoms with van der Waals surface area (Å²) in [6.45, 7) is 4.42. The quantitative estimate of drug-likeness (QED) is 0.542. The maximum atomic E-state index is 12.6. The molecule has 25 heavy (non-hydrogen) atoms. The largest absolute Gasteiger partial charge is 0.378 e. The number of amides is 2. The number of rotatable bonds is 3. The molecule has 0 radical (unpaired) electrons. The van der Waals surface area contributed by atoms with Crippen LogP contribution in [0.3, 0.4) is 0 Å². The third kappa shape index (κ3) is 4.38. The molecule has 0 atom stereocenters. The van der Waals surface area contributed by atoms with Gasteiger partial charge in [0.2, 0.25) is 0 Å². The van der Waals surface area contributed by atoms with Crippen LogP contribution in [0, 0.1) is 0 Å². The SMILES string of the molecule is CSc1ncc(Br)c(N2CCC(N(C)C(=O)N3CCOCC3)CC2)n1. The molecule has 3 rings (SSSR count). The van der Waals surface area contributed by atoms with E-state index in [-0.39, 0.29) is 12.1 Å². The van der Waals surface area contributed by atoms with Crippen LogP contribution in [0.4, 0.5) is 10.6 Å². The fourth-order valence-electron chi connectivity index (χ4n) is 3.26. The summed E-state index contributed by atoms with van der Waals surface area (Å²) in [7, 11) is 1.92. The summed E-state index contributed by atoms with van der Waals surface area (Å²) in [4.78, 5) is 27.6. The minimum Gasteiger partial charge on any atom is -0.378 e. The topological polar surface area (TPSA) is 61.8 Å². The van der Waals surface area contributed by atoms with E-state index >= 15 is 0 Å². The van der Waals surface area contributed by atoms with Crippen LogP contribution in [0.1, 0.15) is 12.8 Å². The van der Waals surface area contributed by atoms with Gasteiger partial charge in [0.25, 0.3) is 0 Å². The Labute approximate surface area is 161 Å². The Kier molecular flexibility index (Phi) is 6.40. The highest BCUT2D eigenvalue weighted by molar-refractivity contribution is 9.10. The molecule has 0 N–H and O–H groups in total. The summed E-state index contributed by atoms with van der Waals surface area (Å²) >= 11 is 5.10. The Morgan fingerprint density at radius 3 is 2.64 bits per heavy atom. The van der Waals surface area contributed by atoms with Gasteiger partial charge in [-0.3, -0.25) is 0 Å². The van der Waals surface area contributed by atoms with Gasteiger partial charge >= 0.3 is 6.03 Å². The van der Waals surface area contributed by atoms with Gasteiger partial charge in [0.05, 0.1) is 17.7 Å². The van der Waals surface area contributed by atoms with E-state index in [0.717, 1.165) is 41.4 Å². The molecule has 138 valence electrons. The van der Waals surface area contributed by atoms with Gasteiger partial charge in [0, 0.05) is 45.5 Å². The maximum absolute atomic E-state index is 12.6. The van der Waals surface area contributed by atoms with Crippen LogP contribution in [-0.4, -0.2) is 84.5 Å². The van der Waals surface area contributed by atoms with Gasteiger partial charge in [0.1, 0.15) is 5.82 Å². The summed E-state index contributed by atoms with van der Waals surface area (Å²) in [5.74, 6) is 0.944. The highest BCUT2D eigenvalue weighted by Crippen LogP contribution is 2.28. The molecule has 0 saturated carbocycles. The number of carbonyl (C=O) groups is 1. The second-order valence-electron chi connectivity index (χ2n) is 6.24. The van der Waals surface area contributed by atoms with Crippen molar-refractivity contribution in [3.8, 4) is 0 Å². The van der Waals surface area contributed by atoms with Crippen LogP contribution < -0.4 is 4.90 Å². The summed E-state index contributed by atoms with van der Waals surface area (Å²) in [6, 6.07) is 0.391. The van der Waals surface area contributed by atoms with E-state index in [1.807, 2.05) is 29.3 Å². The van der Waals surface area contributed by atoms with Crippen LogP contribution in [-0.2, 0) is 4.74 Å². The van der Waals surface area contributed by atoms with Crippen molar-refractivity contribution < 1.29 is 9.53 Å². The number of anilines is 1. The fraction of sp³-hybridized carbons (Fsp3) is 0.688. The van der Waals surface area contributed by atoms with E-state index in [1.54, 1.807) is 11.8 Å². The molecule has 2 fully saturated rings. The molecular weight excluding hydrogens is 406 g/mol. The van der Waals surface area contributed by atoms with Crippen molar-refractivity contribution in [2.24, 2.45) is 0 Å². The van der Waals surface area contributed by atoms with E-state index in [2.05, 4.69) is 30.8 Å². The Morgan fingerprint density at radius 1 is 1.32 bits per heavy atom. The molecule has 0 unspecified atom stereocenters. The second kappa shape index (κ2) is 8.55. The predicted molar refractivity (Wildman–Crippen MR) is 102 cm³/mol. The highest BCUT2D eigenvalue weighted by Gasteiger charge is 2.29. The lowest BCUT2D eigenvalue weighted by Crippen LogP contribution is -2.52. The second-order valence-corrected chi connectivity index (χ2v) is 7.87. The van der Waals surface area contributed by atoms with Gasteiger partial charge in [-0.05, 0) is 35.0 Å². The first kappa shape index (κ1) is 18.7. The normalized spacial score (nSPS) is 19.2. The van der Waals surface area contributed by atoms with Crippen molar-refractivity contribution in [2.75, 3.05) is 57.6 Å². The minimum absolute atomic E-state index is 0.120. The molecule has 2 aliphatic heterocycles. The first-order chi connectivity index (χ1) is 12.1. The molecule has 2 aliphatic rings. The lowest BCUT2D eigenvalue weighted by Gasteiger charge is -2.40. The first-order valence-corrected chi connectivity index (χ1v) is 10.5. The van der Waals surface area contributed by atoms with Crippen molar-refractivity contribution in [1.29, 1.82) is 0 Å². The Balaban J connectivity index is 1.58. The predicted octanol–water partition coefficient (Wildman–Crippen LogP) is 2.31. The zero-order valence-corrected chi connectivity index (χ0v) is 17.1. The highest BCUT2D eigenvalue weighted by atomic mass is 79.9. The molecule has 9 heteroatoms. The molecule has 7 nitrogen and oxygen atoms in total. The number of nitrogens with zero attached hydrogens (tertiary/aromatic N) is 5. The third-order valence-electron chi connectivity index (χ3n) is 4.78. The number of halogens is 1. The fourth-order valence-corrected chi connectivity index (χ4v) is 4.04. The van der Waals surface area contributed by atoms with E-state index in [4.69, 9.17) is 4.74 Å². The summed E-state index contributed by atoms with van der Waals surface area (Å²) in [5, 5.41) is 0.778. The number of hydrogen-bond acceptors (Lipinski definition) is 6. The Morgan fingerprint density at radius 2 is 2.00 bits per heavy atom. The Hall–Kier alpha value is -1.06. The van der Waals surface area contributed by atoms with Crippen molar-refractivity contribution in [3.05, 3.63) is 10.7 Å². The summed E-state index contributed by atoms with van der Waals surface area (Å²) < 4.78 is 6.25. The van der Waals surface area contributed by atoms with Crippen LogP contribution in [0.15, 0.2) is 15.8 Å². The molecular formula is C16H24BrN5O2S. The number of thioether (sulfide) groups is 1. The number of morpholine rings is 1. The third-order valence-corrected chi connectivity index (χ3v) is 5.90. The standard InChI is InChI=1S/C16H24BrN5O2S/c1-20(16(23)22-7-9-24-10-8-22)12-3-5-21(6-4-12)14-13(17)11-18-15(19-14)25-2/h11-12H,3-10H2,1-2H3. The number of ether oxygens (including phenoxy) is 1. The van der Waals surface area contributed by atoms with Crippen LogP contribution in [0.25, 0.3) is 0 Å². The van der Waals surface area contributed by atoms with Crippen LogP contribution in [0.5, 0.6) is 0 Å². The summed E-state index contributed by atoms with van der Waals surface area (Å²) in [6.07, 6.45) is 5.68. The van der Waals surface area contributed by atoms with Gasteiger partial charge in [-0.15, -0.1) is 0 Å². The lowest BCUT2D eigenvalue weighted by atomic mass is 10.0.